The zero-order valence-corrected chi connectivity index (χ0v) is 15.6. The summed E-state index contributed by atoms with van der Waals surface area (Å²) in [4.78, 5) is 28.9. The molecule has 0 atom stereocenters. The Morgan fingerprint density at radius 3 is 2.35 bits per heavy atom. The first-order valence-corrected chi connectivity index (χ1v) is 8.88. The molecule has 0 bridgehead atoms. The van der Waals surface area contributed by atoms with E-state index in [1.807, 2.05) is 12.1 Å². The Hall–Kier alpha value is -4.21. The number of hydrogen-bond acceptors (Lipinski definition) is 5. The number of benzene rings is 2. The maximum Gasteiger partial charge on any atom is 0.416 e. The molecule has 0 saturated heterocycles. The van der Waals surface area contributed by atoms with E-state index in [-0.39, 0.29) is 22.7 Å². The Morgan fingerprint density at radius 1 is 0.968 bits per heavy atom. The first-order valence-electron chi connectivity index (χ1n) is 8.88. The van der Waals surface area contributed by atoms with Crippen molar-refractivity contribution in [3.63, 3.8) is 0 Å². The summed E-state index contributed by atoms with van der Waals surface area (Å²) in [7, 11) is 0. The number of rotatable bonds is 4. The lowest BCUT2D eigenvalue weighted by molar-refractivity contribution is -0.137. The lowest BCUT2D eigenvalue weighted by Crippen LogP contribution is -2.18. The molecule has 4 rings (SSSR count). The molecule has 2 heterocycles. The van der Waals surface area contributed by atoms with E-state index in [1.165, 1.54) is 0 Å². The SMILES string of the molecule is NC(=O)c1c(-c2ccc3ccccc3n2)noc1NC(=O)c1ccc(C(F)(F)F)cc1. The summed E-state index contributed by atoms with van der Waals surface area (Å²) in [6, 6.07) is 14.2. The second-order valence-corrected chi connectivity index (χ2v) is 6.52. The highest BCUT2D eigenvalue weighted by Gasteiger charge is 2.30. The number of amides is 2. The number of pyridine rings is 1. The fraction of sp³-hybridized carbons (Fsp3) is 0.0476. The van der Waals surface area contributed by atoms with Gasteiger partial charge in [0.05, 0.1) is 16.8 Å². The molecular formula is C21H13F3N4O3. The van der Waals surface area contributed by atoms with Gasteiger partial charge in [0, 0.05) is 10.9 Å². The Labute approximate surface area is 172 Å². The van der Waals surface area contributed by atoms with E-state index in [9.17, 15) is 22.8 Å². The number of primary amides is 1. The van der Waals surface area contributed by atoms with E-state index >= 15 is 0 Å². The van der Waals surface area contributed by atoms with Crippen molar-refractivity contribution in [2.45, 2.75) is 6.18 Å². The molecule has 2 aromatic heterocycles. The minimum Gasteiger partial charge on any atom is -0.365 e. The van der Waals surface area contributed by atoms with Gasteiger partial charge in [-0.2, -0.15) is 13.2 Å². The predicted octanol–water partition coefficient (Wildman–Crippen LogP) is 4.26. The van der Waals surface area contributed by atoms with Crippen molar-refractivity contribution in [1.82, 2.24) is 10.1 Å². The molecule has 2 aromatic carbocycles. The van der Waals surface area contributed by atoms with Gasteiger partial charge < -0.3 is 10.3 Å². The third-order valence-corrected chi connectivity index (χ3v) is 4.48. The average Bonchev–Trinajstić information content (AvgIpc) is 3.16. The van der Waals surface area contributed by atoms with Crippen molar-refractivity contribution in [2.24, 2.45) is 5.73 Å². The van der Waals surface area contributed by atoms with Crippen LogP contribution in [0.3, 0.4) is 0 Å². The molecule has 0 unspecified atom stereocenters. The van der Waals surface area contributed by atoms with Crippen LogP contribution in [0.5, 0.6) is 0 Å². The number of carbonyl (C=O) groups excluding carboxylic acids is 2. The van der Waals surface area contributed by atoms with Crippen molar-refractivity contribution < 1.29 is 27.3 Å². The molecule has 31 heavy (non-hydrogen) atoms. The summed E-state index contributed by atoms with van der Waals surface area (Å²) in [5.74, 6) is -2.05. The van der Waals surface area contributed by atoms with E-state index in [1.54, 1.807) is 24.3 Å². The molecule has 2 amide bonds. The smallest absolute Gasteiger partial charge is 0.365 e. The first-order chi connectivity index (χ1) is 14.7. The van der Waals surface area contributed by atoms with Crippen LogP contribution in [0.25, 0.3) is 22.3 Å². The van der Waals surface area contributed by atoms with E-state index in [2.05, 4.69) is 15.5 Å². The molecule has 0 fully saturated rings. The minimum absolute atomic E-state index is 0.0287. The summed E-state index contributed by atoms with van der Waals surface area (Å²) in [5.41, 5.74) is 5.24. The van der Waals surface area contributed by atoms with Gasteiger partial charge in [-0.15, -0.1) is 0 Å². The fourth-order valence-electron chi connectivity index (χ4n) is 2.96. The third kappa shape index (κ3) is 3.95. The van der Waals surface area contributed by atoms with Gasteiger partial charge in [0.2, 0.25) is 5.88 Å². The molecule has 7 nitrogen and oxygen atoms in total. The zero-order chi connectivity index (χ0) is 22.2. The van der Waals surface area contributed by atoms with Crippen LogP contribution in [-0.4, -0.2) is 22.0 Å². The van der Waals surface area contributed by atoms with Crippen LogP contribution in [0, 0.1) is 0 Å². The summed E-state index contributed by atoms with van der Waals surface area (Å²) in [6.45, 7) is 0. The Morgan fingerprint density at radius 2 is 1.68 bits per heavy atom. The number of anilines is 1. The fourth-order valence-corrected chi connectivity index (χ4v) is 2.96. The second kappa shape index (κ2) is 7.56. The number of hydrogen-bond donors (Lipinski definition) is 2. The van der Waals surface area contributed by atoms with Crippen LogP contribution in [0.1, 0.15) is 26.3 Å². The van der Waals surface area contributed by atoms with Gasteiger partial charge in [0.25, 0.3) is 11.8 Å². The Kier molecular flexibility index (Phi) is 4.90. The average molecular weight is 426 g/mol. The summed E-state index contributed by atoms with van der Waals surface area (Å²) >= 11 is 0. The highest BCUT2D eigenvalue weighted by molar-refractivity contribution is 6.09. The standard InChI is InChI=1S/C21H13F3N4O3/c22-21(23,24)13-8-5-12(6-9-13)19(30)27-20-16(18(25)29)17(28-31-20)15-10-7-11-3-1-2-4-14(11)26-15/h1-10H,(H2,25,29)(H,27,30). The number of nitrogens with zero attached hydrogens (tertiary/aromatic N) is 2. The van der Waals surface area contributed by atoms with Gasteiger partial charge in [-0.3, -0.25) is 14.9 Å². The van der Waals surface area contributed by atoms with E-state index < -0.39 is 23.6 Å². The normalized spacial score (nSPS) is 11.5. The van der Waals surface area contributed by atoms with Crippen molar-refractivity contribution in [2.75, 3.05) is 5.32 Å². The number of alkyl halides is 3. The molecule has 3 N–H and O–H groups in total. The van der Waals surface area contributed by atoms with Crippen LogP contribution in [0.15, 0.2) is 65.2 Å². The predicted molar refractivity (Wildman–Crippen MR) is 105 cm³/mol. The maximum atomic E-state index is 12.7. The van der Waals surface area contributed by atoms with E-state index in [0.717, 1.165) is 29.7 Å². The highest BCUT2D eigenvalue weighted by atomic mass is 19.4. The van der Waals surface area contributed by atoms with Gasteiger partial charge in [-0.25, -0.2) is 4.98 Å². The summed E-state index contributed by atoms with van der Waals surface area (Å²) in [6.07, 6.45) is -4.53. The Bertz CT molecular complexity index is 1300. The van der Waals surface area contributed by atoms with Gasteiger partial charge >= 0.3 is 6.18 Å². The maximum absolute atomic E-state index is 12.7. The van der Waals surface area contributed by atoms with Crippen LogP contribution in [0.4, 0.5) is 19.1 Å². The minimum atomic E-state index is -4.53. The van der Waals surface area contributed by atoms with Crippen molar-refractivity contribution in [3.05, 3.63) is 77.4 Å². The number of para-hydroxylation sites is 1. The molecule has 0 spiro atoms. The van der Waals surface area contributed by atoms with E-state index in [4.69, 9.17) is 10.3 Å². The largest absolute Gasteiger partial charge is 0.416 e. The van der Waals surface area contributed by atoms with Crippen LogP contribution in [-0.2, 0) is 6.18 Å². The molecule has 0 aliphatic heterocycles. The van der Waals surface area contributed by atoms with Crippen LogP contribution < -0.4 is 11.1 Å². The number of nitrogens with one attached hydrogen (secondary N) is 1. The van der Waals surface area contributed by atoms with Crippen LogP contribution in [0.2, 0.25) is 0 Å². The molecule has 156 valence electrons. The molecular weight excluding hydrogens is 413 g/mol. The number of nitrogens with two attached hydrogens (primary N) is 1. The molecule has 0 saturated carbocycles. The first kappa shape index (κ1) is 20.1. The highest BCUT2D eigenvalue weighted by Crippen LogP contribution is 2.31. The van der Waals surface area contributed by atoms with Crippen molar-refractivity contribution in [3.8, 4) is 11.4 Å². The topological polar surface area (TPSA) is 111 Å². The molecule has 10 heteroatoms. The van der Waals surface area contributed by atoms with Crippen LogP contribution >= 0.6 is 0 Å². The Balaban J connectivity index is 1.65. The number of carbonyl (C=O) groups is 2. The molecule has 0 radical (unpaired) electrons. The number of fused-ring (bicyclic) bond motifs is 1. The van der Waals surface area contributed by atoms with Gasteiger partial charge in [0.15, 0.2) is 0 Å². The zero-order valence-electron chi connectivity index (χ0n) is 15.6. The summed E-state index contributed by atoms with van der Waals surface area (Å²) < 4.78 is 43.2. The van der Waals surface area contributed by atoms with Crippen molar-refractivity contribution in [1.29, 1.82) is 0 Å². The monoisotopic (exact) mass is 426 g/mol. The van der Waals surface area contributed by atoms with Gasteiger partial charge in [0.1, 0.15) is 11.3 Å². The second-order valence-electron chi connectivity index (χ2n) is 6.52. The molecule has 0 aliphatic carbocycles. The third-order valence-electron chi connectivity index (χ3n) is 4.48. The van der Waals surface area contributed by atoms with Gasteiger partial charge in [-0.05, 0) is 36.4 Å². The lowest BCUT2D eigenvalue weighted by atomic mass is 10.1. The molecule has 4 aromatic rings. The quantitative estimate of drug-likeness (QED) is 0.507. The molecule has 0 aliphatic rings. The van der Waals surface area contributed by atoms with Crippen molar-refractivity contribution >= 4 is 28.6 Å². The number of halogens is 3. The summed E-state index contributed by atoms with van der Waals surface area (Å²) in [5, 5.41) is 6.99. The van der Waals surface area contributed by atoms with E-state index in [0.29, 0.717) is 11.2 Å². The lowest BCUT2D eigenvalue weighted by Gasteiger charge is -2.07. The van der Waals surface area contributed by atoms with Gasteiger partial charge in [-0.1, -0.05) is 29.4 Å². The number of aromatic nitrogens is 2.